The molecule has 1 N–H and O–H groups in total. The fraction of sp³-hybridized carbons (Fsp3) is 0.500. The monoisotopic (exact) mass is 428 g/mol. The van der Waals surface area contributed by atoms with Gasteiger partial charge in [-0.25, -0.2) is 4.79 Å². The van der Waals surface area contributed by atoms with Gasteiger partial charge in [-0.2, -0.15) is 4.98 Å². The minimum atomic E-state index is -0.198. The molecule has 1 aromatic carbocycles. The second-order valence-electron chi connectivity index (χ2n) is 7.63. The first-order valence-corrected chi connectivity index (χ1v) is 11.6. The Morgan fingerprint density at radius 2 is 1.93 bits per heavy atom. The molecule has 0 atom stereocenters. The maximum Gasteiger partial charge on any atom is 0.348 e. The largest absolute Gasteiger partial charge is 0.379 e. The average Bonchev–Trinajstić information content (AvgIpc) is 3.27. The van der Waals surface area contributed by atoms with Crippen LogP contribution in [0.15, 0.2) is 40.2 Å². The number of aromatic nitrogens is 2. The molecule has 1 aliphatic carbocycles. The third-order valence-electron chi connectivity index (χ3n) is 5.62. The lowest BCUT2D eigenvalue weighted by molar-refractivity contribution is -0.118. The molecular weight excluding hydrogens is 400 g/mol. The van der Waals surface area contributed by atoms with Gasteiger partial charge in [0.2, 0.25) is 5.91 Å². The highest BCUT2D eigenvalue weighted by Crippen LogP contribution is 2.29. The van der Waals surface area contributed by atoms with Gasteiger partial charge in [-0.15, -0.1) is 0 Å². The van der Waals surface area contributed by atoms with Crippen LogP contribution in [-0.4, -0.2) is 59.0 Å². The number of ether oxygens (including phenoxy) is 1. The van der Waals surface area contributed by atoms with Gasteiger partial charge < -0.3 is 10.1 Å². The summed E-state index contributed by atoms with van der Waals surface area (Å²) in [6.07, 6.45) is 2.86. The summed E-state index contributed by atoms with van der Waals surface area (Å²) in [5.74, 6) is 0.220. The predicted octanol–water partition coefficient (Wildman–Crippen LogP) is 1.47. The van der Waals surface area contributed by atoms with E-state index in [2.05, 4.69) is 15.2 Å². The Hall–Kier alpha value is -2.16. The Bertz CT molecular complexity index is 926. The molecule has 1 amide bonds. The van der Waals surface area contributed by atoms with Gasteiger partial charge in [-0.05, 0) is 24.8 Å². The molecule has 4 rings (SSSR count). The van der Waals surface area contributed by atoms with Crippen molar-refractivity contribution in [3.05, 3.63) is 57.6 Å². The number of amides is 1. The van der Waals surface area contributed by atoms with Gasteiger partial charge in [0.1, 0.15) is 5.03 Å². The topological polar surface area (TPSA) is 76.5 Å². The first-order chi connectivity index (χ1) is 14.7. The van der Waals surface area contributed by atoms with E-state index in [0.717, 1.165) is 74.0 Å². The molecule has 8 heteroatoms. The lowest BCUT2D eigenvalue weighted by Crippen LogP contribution is -2.40. The Balaban J connectivity index is 1.37. The minimum Gasteiger partial charge on any atom is -0.379 e. The van der Waals surface area contributed by atoms with Gasteiger partial charge in [0.25, 0.3) is 0 Å². The quantitative estimate of drug-likeness (QED) is 0.507. The summed E-state index contributed by atoms with van der Waals surface area (Å²) >= 11 is 1.37. The number of benzene rings is 1. The first kappa shape index (κ1) is 21.1. The van der Waals surface area contributed by atoms with Crippen molar-refractivity contribution in [2.24, 2.45) is 0 Å². The zero-order valence-electron chi connectivity index (χ0n) is 17.1. The molecule has 2 aliphatic rings. The molecule has 30 heavy (non-hydrogen) atoms. The summed E-state index contributed by atoms with van der Waals surface area (Å²) in [6.45, 7) is 5.35. The molecule has 2 heterocycles. The minimum absolute atomic E-state index is 0.0473. The number of carbonyl (C=O) groups excluding carboxylic acids is 1. The highest BCUT2D eigenvalue weighted by atomic mass is 32.2. The summed E-state index contributed by atoms with van der Waals surface area (Å²) in [5, 5.41) is 3.66. The van der Waals surface area contributed by atoms with Crippen LogP contribution in [0.1, 0.15) is 23.2 Å². The van der Waals surface area contributed by atoms with Gasteiger partial charge in [-0.1, -0.05) is 42.1 Å². The normalized spacial score (nSPS) is 16.4. The number of thioether (sulfide) groups is 1. The fourth-order valence-corrected chi connectivity index (χ4v) is 4.89. The predicted molar refractivity (Wildman–Crippen MR) is 117 cm³/mol. The molecular formula is C22H28N4O3S. The van der Waals surface area contributed by atoms with E-state index in [1.165, 1.54) is 11.8 Å². The third kappa shape index (κ3) is 5.30. The summed E-state index contributed by atoms with van der Waals surface area (Å²) in [7, 11) is 0. The highest BCUT2D eigenvalue weighted by molar-refractivity contribution is 7.99. The lowest BCUT2D eigenvalue weighted by Gasteiger charge is -2.27. The Morgan fingerprint density at radius 3 is 2.73 bits per heavy atom. The standard InChI is InChI=1S/C22H28N4O3S/c27-20(23-15-17-5-2-1-3-6-17)16-30-21-18-7-4-8-19(18)26(22(28)24-21)10-9-25-11-13-29-14-12-25/h1-3,5-6H,4,7-16H2,(H,23,27). The van der Waals surface area contributed by atoms with E-state index in [4.69, 9.17) is 4.74 Å². The van der Waals surface area contributed by atoms with Crippen LogP contribution in [-0.2, 0) is 35.5 Å². The molecule has 0 spiro atoms. The molecule has 0 saturated carbocycles. The molecule has 1 saturated heterocycles. The maximum atomic E-state index is 12.7. The van der Waals surface area contributed by atoms with E-state index in [1.54, 1.807) is 0 Å². The smallest absolute Gasteiger partial charge is 0.348 e. The molecule has 1 aromatic heterocycles. The zero-order valence-corrected chi connectivity index (χ0v) is 18.0. The van der Waals surface area contributed by atoms with Crippen LogP contribution in [0.5, 0.6) is 0 Å². The fourth-order valence-electron chi connectivity index (χ4n) is 3.98. The van der Waals surface area contributed by atoms with Crippen molar-refractivity contribution in [2.45, 2.75) is 37.4 Å². The molecule has 0 bridgehead atoms. The van der Waals surface area contributed by atoms with Crippen LogP contribution in [0.3, 0.4) is 0 Å². The number of nitrogens with zero attached hydrogens (tertiary/aromatic N) is 3. The maximum absolute atomic E-state index is 12.7. The van der Waals surface area contributed by atoms with Crippen molar-refractivity contribution in [2.75, 3.05) is 38.6 Å². The van der Waals surface area contributed by atoms with Crippen molar-refractivity contribution in [3.8, 4) is 0 Å². The van der Waals surface area contributed by atoms with Crippen molar-refractivity contribution < 1.29 is 9.53 Å². The van der Waals surface area contributed by atoms with Crippen molar-refractivity contribution >= 4 is 17.7 Å². The first-order valence-electron chi connectivity index (χ1n) is 10.6. The van der Waals surface area contributed by atoms with E-state index in [1.807, 2.05) is 34.9 Å². The third-order valence-corrected chi connectivity index (χ3v) is 6.63. The zero-order chi connectivity index (χ0) is 20.8. The number of fused-ring (bicyclic) bond motifs is 1. The van der Waals surface area contributed by atoms with Gasteiger partial charge in [0.15, 0.2) is 0 Å². The van der Waals surface area contributed by atoms with Crippen LogP contribution < -0.4 is 11.0 Å². The van der Waals surface area contributed by atoms with Crippen LogP contribution in [0, 0.1) is 0 Å². The molecule has 7 nitrogen and oxygen atoms in total. The van der Waals surface area contributed by atoms with Crippen molar-refractivity contribution in [1.82, 2.24) is 19.8 Å². The van der Waals surface area contributed by atoms with E-state index >= 15 is 0 Å². The SMILES string of the molecule is O=C(CSc1nc(=O)n(CCN2CCOCC2)c2c1CCC2)NCc1ccccc1. The van der Waals surface area contributed by atoms with E-state index in [0.29, 0.717) is 13.1 Å². The van der Waals surface area contributed by atoms with Crippen LogP contribution in [0.25, 0.3) is 0 Å². The molecule has 1 aliphatic heterocycles. The second-order valence-corrected chi connectivity index (χ2v) is 8.60. The number of morpholine rings is 1. The lowest BCUT2D eigenvalue weighted by atomic mass is 10.2. The second kappa shape index (κ2) is 10.2. The molecule has 0 radical (unpaired) electrons. The Kier molecular flexibility index (Phi) is 7.20. The average molecular weight is 429 g/mol. The van der Waals surface area contributed by atoms with Crippen LogP contribution in [0.4, 0.5) is 0 Å². The van der Waals surface area contributed by atoms with Crippen LogP contribution >= 0.6 is 11.8 Å². The summed E-state index contributed by atoms with van der Waals surface area (Å²) < 4.78 is 7.24. The number of hydrogen-bond acceptors (Lipinski definition) is 6. The summed E-state index contributed by atoms with van der Waals surface area (Å²) in [5.41, 5.74) is 3.13. The molecule has 0 unspecified atom stereocenters. The molecule has 2 aromatic rings. The Labute approximate surface area is 180 Å². The van der Waals surface area contributed by atoms with E-state index < -0.39 is 0 Å². The molecule has 1 fully saturated rings. The number of carbonyl (C=O) groups is 1. The van der Waals surface area contributed by atoms with Crippen LogP contribution in [0.2, 0.25) is 0 Å². The highest BCUT2D eigenvalue weighted by Gasteiger charge is 2.23. The van der Waals surface area contributed by atoms with Gasteiger partial charge >= 0.3 is 5.69 Å². The van der Waals surface area contributed by atoms with E-state index in [9.17, 15) is 9.59 Å². The number of nitrogens with one attached hydrogen (secondary N) is 1. The van der Waals surface area contributed by atoms with Gasteiger partial charge in [-0.3, -0.25) is 14.3 Å². The Morgan fingerprint density at radius 1 is 1.13 bits per heavy atom. The molecule has 160 valence electrons. The summed E-state index contributed by atoms with van der Waals surface area (Å²) in [4.78, 5) is 31.7. The van der Waals surface area contributed by atoms with E-state index in [-0.39, 0.29) is 17.3 Å². The summed E-state index contributed by atoms with van der Waals surface area (Å²) in [6, 6.07) is 9.84. The number of rotatable bonds is 8. The van der Waals surface area contributed by atoms with Gasteiger partial charge in [0, 0.05) is 44.0 Å². The van der Waals surface area contributed by atoms with Gasteiger partial charge in [0.05, 0.1) is 19.0 Å². The van der Waals surface area contributed by atoms with Crippen molar-refractivity contribution in [1.29, 1.82) is 0 Å². The number of hydrogen-bond donors (Lipinski definition) is 1. The van der Waals surface area contributed by atoms with Crippen molar-refractivity contribution in [3.63, 3.8) is 0 Å².